The van der Waals surface area contributed by atoms with Crippen LogP contribution in [0, 0.1) is 0 Å². The fraction of sp³-hybridized carbons (Fsp3) is 0.222. The summed E-state index contributed by atoms with van der Waals surface area (Å²) in [7, 11) is 0. The Morgan fingerprint density at radius 2 is 1.64 bits per heavy atom. The molecule has 0 saturated carbocycles. The van der Waals surface area contributed by atoms with Crippen molar-refractivity contribution in [2.24, 2.45) is 5.10 Å². The Bertz CT molecular complexity index is 791. The van der Waals surface area contributed by atoms with Crippen LogP contribution in [0.1, 0.15) is 17.5 Å². The lowest BCUT2D eigenvalue weighted by Crippen LogP contribution is -2.57. The zero-order valence-electron chi connectivity index (χ0n) is 13.1. The van der Waals surface area contributed by atoms with Gasteiger partial charge in [0.2, 0.25) is 5.91 Å². The SMILES string of the molecule is O=C(Cc1ccccc1)N1N=C(c2ccccc2)CC1(O)C(F)(F)F. The van der Waals surface area contributed by atoms with Crippen molar-refractivity contribution in [3.63, 3.8) is 0 Å². The number of halogens is 3. The van der Waals surface area contributed by atoms with Gasteiger partial charge in [-0.25, -0.2) is 0 Å². The molecule has 2 aromatic rings. The standard InChI is InChI=1S/C18H15F3N2O2/c19-18(20,21)17(25)12-15(14-9-5-2-6-10-14)22-23(17)16(24)11-13-7-3-1-4-8-13/h1-10,25H,11-12H2. The molecule has 1 unspecified atom stereocenters. The predicted molar refractivity (Wildman–Crippen MR) is 85.6 cm³/mol. The Morgan fingerprint density at radius 3 is 2.20 bits per heavy atom. The molecule has 0 aliphatic carbocycles. The van der Waals surface area contributed by atoms with Crippen LogP contribution in [0.5, 0.6) is 0 Å². The quantitative estimate of drug-likeness (QED) is 0.927. The number of hydrazone groups is 1. The number of aliphatic hydroxyl groups is 1. The van der Waals surface area contributed by atoms with Gasteiger partial charge in [-0.1, -0.05) is 60.7 Å². The van der Waals surface area contributed by atoms with Crippen molar-refractivity contribution in [1.29, 1.82) is 0 Å². The first-order valence-electron chi connectivity index (χ1n) is 7.60. The Balaban J connectivity index is 1.94. The van der Waals surface area contributed by atoms with Gasteiger partial charge in [0, 0.05) is 0 Å². The molecular weight excluding hydrogens is 333 g/mol. The third-order valence-electron chi connectivity index (χ3n) is 3.98. The average Bonchev–Trinajstić information content (AvgIpc) is 2.96. The van der Waals surface area contributed by atoms with Crippen LogP contribution < -0.4 is 0 Å². The summed E-state index contributed by atoms with van der Waals surface area (Å²) in [6.45, 7) is 0. The van der Waals surface area contributed by atoms with Crippen LogP contribution >= 0.6 is 0 Å². The molecule has 0 bridgehead atoms. The molecule has 1 atom stereocenters. The van der Waals surface area contributed by atoms with Gasteiger partial charge in [-0.2, -0.15) is 23.3 Å². The van der Waals surface area contributed by atoms with Gasteiger partial charge in [0.15, 0.2) is 0 Å². The lowest BCUT2D eigenvalue weighted by atomic mass is 10.0. The van der Waals surface area contributed by atoms with Gasteiger partial charge in [0.25, 0.3) is 5.72 Å². The summed E-state index contributed by atoms with van der Waals surface area (Å²) in [5.41, 5.74) is -2.35. The van der Waals surface area contributed by atoms with Crippen LogP contribution in [0.2, 0.25) is 0 Å². The van der Waals surface area contributed by atoms with Crippen LogP contribution in [-0.4, -0.2) is 33.6 Å². The molecule has 7 heteroatoms. The van der Waals surface area contributed by atoms with Gasteiger partial charge in [0.05, 0.1) is 18.6 Å². The molecule has 1 N–H and O–H groups in total. The normalized spacial score (nSPS) is 20.5. The van der Waals surface area contributed by atoms with E-state index in [1.165, 1.54) is 0 Å². The number of rotatable bonds is 3. The molecule has 0 aromatic heterocycles. The summed E-state index contributed by atoms with van der Waals surface area (Å²) >= 11 is 0. The molecule has 1 amide bonds. The molecule has 1 aliphatic rings. The van der Waals surface area contributed by atoms with Crippen LogP contribution in [-0.2, 0) is 11.2 Å². The van der Waals surface area contributed by atoms with Crippen molar-refractivity contribution in [3.8, 4) is 0 Å². The van der Waals surface area contributed by atoms with E-state index in [-0.39, 0.29) is 17.1 Å². The number of carbonyl (C=O) groups excluding carboxylic acids is 1. The number of amides is 1. The Morgan fingerprint density at radius 1 is 1.08 bits per heavy atom. The highest BCUT2D eigenvalue weighted by Crippen LogP contribution is 2.41. The molecule has 0 radical (unpaired) electrons. The maximum Gasteiger partial charge on any atom is 0.438 e. The molecule has 130 valence electrons. The van der Waals surface area contributed by atoms with E-state index in [4.69, 9.17) is 0 Å². The van der Waals surface area contributed by atoms with Gasteiger partial charge < -0.3 is 5.11 Å². The minimum atomic E-state index is -5.03. The highest BCUT2D eigenvalue weighted by atomic mass is 19.4. The molecule has 0 spiro atoms. The number of carbonyl (C=O) groups is 1. The summed E-state index contributed by atoms with van der Waals surface area (Å²) < 4.78 is 40.4. The van der Waals surface area contributed by atoms with Crippen LogP contribution in [0.4, 0.5) is 13.2 Å². The molecule has 25 heavy (non-hydrogen) atoms. The van der Waals surface area contributed by atoms with Gasteiger partial charge in [0.1, 0.15) is 0 Å². The molecule has 3 rings (SSSR count). The number of nitrogens with zero attached hydrogens (tertiary/aromatic N) is 2. The minimum absolute atomic E-state index is 0.0156. The van der Waals surface area contributed by atoms with E-state index in [9.17, 15) is 23.1 Å². The molecule has 0 saturated heterocycles. The first-order valence-corrected chi connectivity index (χ1v) is 7.60. The summed E-state index contributed by atoms with van der Waals surface area (Å²) in [5.74, 6) is -0.919. The first kappa shape index (κ1) is 17.2. The van der Waals surface area contributed by atoms with Gasteiger partial charge in [-0.05, 0) is 11.1 Å². The van der Waals surface area contributed by atoms with E-state index < -0.39 is 24.2 Å². The third kappa shape index (κ3) is 3.28. The van der Waals surface area contributed by atoms with E-state index in [0.29, 0.717) is 11.1 Å². The fourth-order valence-corrected chi connectivity index (χ4v) is 2.67. The second-order valence-electron chi connectivity index (χ2n) is 5.77. The predicted octanol–water partition coefficient (Wildman–Crippen LogP) is 3.12. The highest BCUT2D eigenvalue weighted by molar-refractivity contribution is 6.03. The molecular formula is C18H15F3N2O2. The maximum absolute atomic E-state index is 13.5. The molecule has 0 fully saturated rings. The number of alkyl halides is 3. The van der Waals surface area contributed by atoms with Crippen molar-refractivity contribution in [1.82, 2.24) is 5.01 Å². The third-order valence-corrected chi connectivity index (χ3v) is 3.98. The maximum atomic E-state index is 13.5. The number of hydrogen-bond acceptors (Lipinski definition) is 3. The van der Waals surface area contributed by atoms with E-state index in [2.05, 4.69) is 5.10 Å². The van der Waals surface area contributed by atoms with Crippen LogP contribution in [0.25, 0.3) is 0 Å². The second-order valence-corrected chi connectivity index (χ2v) is 5.77. The van der Waals surface area contributed by atoms with Gasteiger partial charge in [-0.15, -0.1) is 0 Å². The summed E-state index contributed by atoms with van der Waals surface area (Å²) in [6, 6.07) is 16.5. The topological polar surface area (TPSA) is 52.9 Å². The van der Waals surface area contributed by atoms with E-state index >= 15 is 0 Å². The Labute approximate surface area is 142 Å². The van der Waals surface area contributed by atoms with Crippen LogP contribution in [0.3, 0.4) is 0 Å². The van der Waals surface area contributed by atoms with Gasteiger partial charge in [-0.3, -0.25) is 4.79 Å². The Kier molecular flexibility index (Phi) is 4.34. The largest absolute Gasteiger partial charge is 0.438 e. The lowest BCUT2D eigenvalue weighted by molar-refractivity contribution is -0.302. The van der Waals surface area contributed by atoms with Crippen molar-refractivity contribution in [2.45, 2.75) is 24.7 Å². The van der Waals surface area contributed by atoms with Crippen molar-refractivity contribution in [2.75, 3.05) is 0 Å². The molecule has 1 heterocycles. The Hall–Kier alpha value is -2.67. The van der Waals surface area contributed by atoms with E-state index in [1.807, 2.05) is 0 Å². The first-order chi connectivity index (χ1) is 11.8. The van der Waals surface area contributed by atoms with Crippen molar-refractivity contribution >= 4 is 11.6 Å². The monoisotopic (exact) mass is 348 g/mol. The molecule has 4 nitrogen and oxygen atoms in total. The summed E-state index contributed by atoms with van der Waals surface area (Å²) in [4.78, 5) is 12.4. The minimum Gasteiger partial charge on any atom is -0.362 e. The van der Waals surface area contributed by atoms with E-state index in [1.54, 1.807) is 60.7 Å². The number of benzene rings is 2. The second kappa shape index (κ2) is 6.33. The number of hydrogen-bond donors (Lipinski definition) is 1. The molecule has 2 aromatic carbocycles. The fourth-order valence-electron chi connectivity index (χ4n) is 2.67. The van der Waals surface area contributed by atoms with E-state index in [0.717, 1.165) is 0 Å². The average molecular weight is 348 g/mol. The van der Waals surface area contributed by atoms with Crippen LogP contribution in [0.15, 0.2) is 65.8 Å². The summed E-state index contributed by atoms with van der Waals surface area (Å²) in [6.07, 6.45) is -6.12. The van der Waals surface area contributed by atoms with Crippen molar-refractivity contribution in [3.05, 3.63) is 71.8 Å². The zero-order chi connectivity index (χ0) is 18.1. The smallest absolute Gasteiger partial charge is 0.362 e. The summed E-state index contributed by atoms with van der Waals surface area (Å²) in [5, 5.41) is 14.2. The zero-order valence-corrected chi connectivity index (χ0v) is 13.1. The van der Waals surface area contributed by atoms with Crippen molar-refractivity contribution < 1.29 is 23.1 Å². The molecule has 1 aliphatic heterocycles. The highest BCUT2D eigenvalue weighted by Gasteiger charge is 2.63. The lowest BCUT2D eigenvalue weighted by Gasteiger charge is -2.32. The van der Waals surface area contributed by atoms with Gasteiger partial charge >= 0.3 is 6.18 Å².